The maximum Gasteiger partial charge on any atom is 0.129 e. The van der Waals surface area contributed by atoms with E-state index in [2.05, 4.69) is 77.9 Å². The van der Waals surface area contributed by atoms with Crippen LogP contribution in [0.1, 0.15) is 65.6 Å². The molecule has 0 spiro atoms. The zero-order valence-corrected chi connectivity index (χ0v) is 15.1. The van der Waals surface area contributed by atoms with Crippen LogP contribution in [0.4, 0.5) is 5.82 Å². The molecule has 0 amide bonds. The van der Waals surface area contributed by atoms with Crippen molar-refractivity contribution < 1.29 is 0 Å². The third-order valence-electron chi connectivity index (χ3n) is 4.13. The van der Waals surface area contributed by atoms with Gasteiger partial charge in [0.2, 0.25) is 0 Å². The number of anilines is 1. The van der Waals surface area contributed by atoms with E-state index in [1.54, 1.807) is 0 Å². The van der Waals surface area contributed by atoms with E-state index in [0.29, 0.717) is 23.9 Å². The van der Waals surface area contributed by atoms with E-state index in [4.69, 9.17) is 4.98 Å². The van der Waals surface area contributed by atoms with Crippen LogP contribution in [0.2, 0.25) is 0 Å². The van der Waals surface area contributed by atoms with Crippen molar-refractivity contribution in [2.24, 2.45) is 5.92 Å². The number of hydrogen-bond donors (Lipinski definition) is 1. The fraction of sp³-hybridized carbons (Fsp3) is 0.722. The average molecular weight is 291 g/mol. The molecule has 0 aromatic carbocycles. The number of rotatable bonds is 7. The molecule has 3 nitrogen and oxygen atoms in total. The Kier molecular flexibility index (Phi) is 6.66. The van der Waals surface area contributed by atoms with Crippen LogP contribution in [0.3, 0.4) is 0 Å². The van der Waals surface area contributed by atoms with Crippen LogP contribution in [0.5, 0.6) is 0 Å². The predicted octanol–water partition coefficient (Wildman–Crippen LogP) is 4.18. The fourth-order valence-electron chi connectivity index (χ4n) is 2.15. The Morgan fingerprint density at radius 1 is 1.05 bits per heavy atom. The highest BCUT2D eigenvalue weighted by molar-refractivity contribution is 5.43. The lowest BCUT2D eigenvalue weighted by atomic mass is 10.0. The zero-order valence-electron chi connectivity index (χ0n) is 15.1. The van der Waals surface area contributed by atoms with Crippen LogP contribution >= 0.6 is 0 Å². The number of aromatic nitrogens is 1. The molecule has 0 saturated carbocycles. The van der Waals surface area contributed by atoms with Gasteiger partial charge in [0, 0.05) is 31.4 Å². The molecule has 0 radical (unpaired) electrons. The molecule has 1 heterocycles. The molecular formula is C18H33N3. The Bertz CT molecular complexity index is 438. The quantitative estimate of drug-likeness (QED) is 0.816. The predicted molar refractivity (Wildman–Crippen MR) is 93.0 cm³/mol. The van der Waals surface area contributed by atoms with Crippen molar-refractivity contribution in [1.82, 2.24) is 10.3 Å². The first-order valence-electron chi connectivity index (χ1n) is 8.19. The lowest BCUT2D eigenvalue weighted by molar-refractivity contribution is 0.501. The summed E-state index contributed by atoms with van der Waals surface area (Å²) in [6, 6.07) is 5.43. The minimum absolute atomic E-state index is 0.450. The topological polar surface area (TPSA) is 28.2 Å². The van der Waals surface area contributed by atoms with Gasteiger partial charge in [-0.25, -0.2) is 4.98 Å². The van der Waals surface area contributed by atoms with Crippen molar-refractivity contribution in [1.29, 1.82) is 0 Å². The SMILES string of the molecule is CC(C)NCc1cc(C(C)C)nc(N(C)C(C)C(C)C)c1. The van der Waals surface area contributed by atoms with Crippen LogP contribution in [-0.4, -0.2) is 24.1 Å². The van der Waals surface area contributed by atoms with Crippen LogP contribution in [-0.2, 0) is 6.54 Å². The third-order valence-corrected chi connectivity index (χ3v) is 4.13. The Morgan fingerprint density at radius 3 is 2.14 bits per heavy atom. The second-order valence-corrected chi connectivity index (χ2v) is 7.04. The summed E-state index contributed by atoms with van der Waals surface area (Å²) in [7, 11) is 2.15. The van der Waals surface area contributed by atoms with Crippen molar-refractivity contribution in [3.63, 3.8) is 0 Å². The van der Waals surface area contributed by atoms with E-state index in [1.165, 1.54) is 11.3 Å². The molecule has 0 aliphatic heterocycles. The lowest BCUT2D eigenvalue weighted by Crippen LogP contribution is -2.34. The smallest absolute Gasteiger partial charge is 0.129 e. The fourth-order valence-corrected chi connectivity index (χ4v) is 2.15. The highest BCUT2D eigenvalue weighted by Crippen LogP contribution is 2.22. The van der Waals surface area contributed by atoms with Gasteiger partial charge in [0.25, 0.3) is 0 Å². The van der Waals surface area contributed by atoms with Gasteiger partial charge < -0.3 is 10.2 Å². The Hall–Kier alpha value is -1.09. The van der Waals surface area contributed by atoms with Crippen molar-refractivity contribution in [3.8, 4) is 0 Å². The summed E-state index contributed by atoms with van der Waals surface area (Å²) in [4.78, 5) is 7.16. The molecule has 1 aromatic rings. The molecule has 0 saturated heterocycles. The van der Waals surface area contributed by atoms with Crippen LogP contribution in [0.15, 0.2) is 12.1 Å². The van der Waals surface area contributed by atoms with Gasteiger partial charge in [-0.2, -0.15) is 0 Å². The van der Waals surface area contributed by atoms with Crippen molar-refractivity contribution >= 4 is 5.82 Å². The first kappa shape index (κ1) is 18.0. The minimum atomic E-state index is 0.450. The molecule has 3 heteroatoms. The molecule has 1 rings (SSSR count). The summed E-state index contributed by atoms with van der Waals surface area (Å²) in [6.07, 6.45) is 0. The molecule has 21 heavy (non-hydrogen) atoms. The van der Waals surface area contributed by atoms with Gasteiger partial charge in [-0.15, -0.1) is 0 Å². The normalized spacial score (nSPS) is 13.3. The molecule has 1 N–H and O–H groups in total. The van der Waals surface area contributed by atoms with Gasteiger partial charge in [-0.3, -0.25) is 0 Å². The zero-order chi connectivity index (χ0) is 16.2. The van der Waals surface area contributed by atoms with E-state index < -0.39 is 0 Å². The summed E-state index contributed by atoms with van der Waals surface area (Å²) < 4.78 is 0. The van der Waals surface area contributed by atoms with Crippen molar-refractivity contribution in [2.45, 2.75) is 73.0 Å². The van der Waals surface area contributed by atoms with E-state index in [1.807, 2.05) is 0 Å². The highest BCUT2D eigenvalue weighted by atomic mass is 15.2. The van der Waals surface area contributed by atoms with Crippen LogP contribution < -0.4 is 10.2 Å². The van der Waals surface area contributed by atoms with Crippen molar-refractivity contribution in [2.75, 3.05) is 11.9 Å². The molecule has 120 valence electrons. The summed E-state index contributed by atoms with van der Waals surface area (Å²) in [5.41, 5.74) is 2.50. The van der Waals surface area contributed by atoms with Crippen molar-refractivity contribution in [3.05, 3.63) is 23.4 Å². The van der Waals surface area contributed by atoms with Gasteiger partial charge in [0.15, 0.2) is 0 Å². The molecule has 0 fully saturated rings. The minimum Gasteiger partial charge on any atom is -0.357 e. The Morgan fingerprint density at radius 2 is 1.67 bits per heavy atom. The van der Waals surface area contributed by atoms with E-state index in [9.17, 15) is 0 Å². The molecule has 1 unspecified atom stereocenters. The van der Waals surface area contributed by atoms with Gasteiger partial charge >= 0.3 is 0 Å². The number of hydrogen-bond acceptors (Lipinski definition) is 3. The monoisotopic (exact) mass is 291 g/mol. The Balaban J connectivity index is 3.07. The first-order valence-corrected chi connectivity index (χ1v) is 8.19. The molecule has 0 aliphatic rings. The van der Waals surface area contributed by atoms with E-state index >= 15 is 0 Å². The average Bonchev–Trinajstić information content (AvgIpc) is 2.42. The summed E-state index contributed by atoms with van der Waals surface area (Å²) in [5, 5.41) is 3.50. The number of nitrogens with zero attached hydrogens (tertiary/aromatic N) is 2. The maximum atomic E-state index is 4.86. The van der Waals surface area contributed by atoms with Crippen LogP contribution in [0.25, 0.3) is 0 Å². The lowest BCUT2D eigenvalue weighted by Gasteiger charge is -2.30. The van der Waals surface area contributed by atoms with Gasteiger partial charge in [-0.1, -0.05) is 41.5 Å². The summed E-state index contributed by atoms with van der Waals surface area (Å²) >= 11 is 0. The van der Waals surface area contributed by atoms with Gasteiger partial charge in [-0.05, 0) is 36.5 Å². The first-order chi connectivity index (χ1) is 9.72. The standard InChI is InChI=1S/C18H33N3/c1-12(2)15(7)21(8)18-10-16(11-19-14(5)6)9-17(20-18)13(3)4/h9-10,12-15,19H,11H2,1-8H3. The molecule has 1 atom stereocenters. The van der Waals surface area contributed by atoms with Gasteiger partial charge in [0.1, 0.15) is 5.82 Å². The highest BCUT2D eigenvalue weighted by Gasteiger charge is 2.16. The molecular weight excluding hydrogens is 258 g/mol. The second-order valence-electron chi connectivity index (χ2n) is 7.04. The summed E-state index contributed by atoms with van der Waals surface area (Å²) in [6.45, 7) is 16.5. The van der Waals surface area contributed by atoms with Crippen LogP contribution in [0, 0.1) is 5.92 Å². The summed E-state index contributed by atoms with van der Waals surface area (Å²) in [5.74, 6) is 2.14. The maximum absolute atomic E-state index is 4.86. The molecule has 1 aromatic heterocycles. The third kappa shape index (κ3) is 5.31. The molecule has 0 bridgehead atoms. The Labute approximate surface area is 131 Å². The largest absolute Gasteiger partial charge is 0.357 e. The molecule has 0 aliphatic carbocycles. The number of pyridine rings is 1. The second kappa shape index (κ2) is 7.79. The van der Waals surface area contributed by atoms with E-state index in [0.717, 1.165) is 12.4 Å². The van der Waals surface area contributed by atoms with Gasteiger partial charge in [0.05, 0.1) is 0 Å². The number of nitrogens with one attached hydrogen (secondary N) is 1. The van der Waals surface area contributed by atoms with E-state index in [-0.39, 0.29) is 0 Å².